The first-order chi connectivity index (χ1) is 9.74. The van der Waals surface area contributed by atoms with Crippen molar-refractivity contribution < 1.29 is 4.74 Å². The quantitative estimate of drug-likeness (QED) is 0.813. The third-order valence-corrected chi connectivity index (χ3v) is 4.41. The number of hydrogen-bond donors (Lipinski definition) is 2. The van der Waals surface area contributed by atoms with Crippen molar-refractivity contribution in [3.05, 3.63) is 22.9 Å². The Labute approximate surface area is 125 Å². The minimum absolute atomic E-state index is 0.430. The number of rotatable bonds is 5. The summed E-state index contributed by atoms with van der Waals surface area (Å²) < 4.78 is 5.40. The number of nitrogens with one attached hydrogen (secondary N) is 1. The van der Waals surface area contributed by atoms with Gasteiger partial charge in [-0.2, -0.15) is 0 Å². The first kappa shape index (κ1) is 13.8. The van der Waals surface area contributed by atoms with Gasteiger partial charge in [-0.3, -0.25) is 0 Å². The Morgan fingerprint density at radius 3 is 3.15 bits per heavy atom. The zero-order valence-corrected chi connectivity index (χ0v) is 12.5. The summed E-state index contributed by atoms with van der Waals surface area (Å²) in [5.41, 5.74) is 9.24. The summed E-state index contributed by atoms with van der Waals surface area (Å²) in [7, 11) is 0. The van der Waals surface area contributed by atoms with Crippen LogP contribution in [0, 0.1) is 5.92 Å². The molecule has 1 aliphatic heterocycles. The molecule has 0 spiro atoms. The lowest BCUT2D eigenvalue weighted by molar-refractivity contribution is 0.185. The molecular formula is C15H21N3OS. The Kier molecular flexibility index (Phi) is 4.17. The van der Waals surface area contributed by atoms with Crippen molar-refractivity contribution in [1.29, 1.82) is 0 Å². The van der Waals surface area contributed by atoms with Gasteiger partial charge in [0.15, 0.2) is 0 Å². The van der Waals surface area contributed by atoms with Gasteiger partial charge in [-0.05, 0) is 49.7 Å². The number of aromatic nitrogens is 1. The third-order valence-electron chi connectivity index (χ3n) is 4.19. The van der Waals surface area contributed by atoms with E-state index in [0.29, 0.717) is 10.9 Å². The Morgan fingerprint density at radius 1 is 1.50 bits per heavy atom. The van der Waals surface area contributed by atoms with Crippen molar-refractivity contribution in [2.24, 2.45) is 11.7 Å². The van der Waals surface area contributed by atoms with Crippen LogP contribution >= 0.6 is 12.2 Å². The fourth-order valence-corrected chi connectivity index (χ4v) is 3.16. The number of thiocarbonyl (C=S) groups is 1. The van der Waals surface area contributed by atoms with Crippen LogP contribution in [0.15, 0.2) is 6.07 Å². The number of hydrogen-bond acceptors (Lipinski definition) is 4. The van der Waals surface area contributed by atoms with Gasteiger partial charge >= 0.3 is 0 Å². The second-order valence-corrected chi connectivity index (χ2v) is 6.09. The van der Waals surface area contributed by atoms with E-state index in [1.807, 2.05) is 0 Å². The van der Waals surface area contributed by atoms with E-state index in [1.165, 1.54) is 24.1 Å². The van der Waals surface area contributed by atoms with Gasteiger partial charge in [-0.1, -0.05) is 12.2 Å². The lowest BCUT2D eigenvalue weighted by Crippen LogP contribution is -2.17. The summed E-state index contributed by atoms with van der Waals surface area (Å²) >= 11 is 5.16. The fraction of sp³-hybridized carbons (Fsp3) is 0.600. The van der Waals surface area contributed by atoms with E-state index >= 15 is 0 Å². The summed E-state index contributed by atoms with van der Waals surface area (Å²) in [6.45, 7) is 2.69. The Balaban J connectivity index is 1.69. The van der Waals surface area contributed by atoms with Crippen LogP contribution < -0.4 is 11.1 Å². The highest BCUT2D eigenvalue weighted by Gasteiger charge is 2.18. The molecule has 1 saturated heterocycles. The number of nitrogens with zero attached hydrogens (tertiary/aromatic N) is 1. The van der Waals surface area contributed by atoms with Gasteiger partial charge in [-0.15, -0.1) is 0 Å². The molecule has 0 bridgehead atoms. The van der Waals surface area contributed by atoms with Crippen LogP contribution in [0.3, 0.4) is 0 Å². The van der Waals surface area contributed by atoms with Crippen molar-refractivity contribution in [2.45, 2.75) is 32.1 Å². The van der Waals surface area contributed by atoms with Crippen LogP contribution in [-0.2, 0) is 17.6 Å². The molecule has 20 heavy (non-hydrogen) atoms. The Bertz CT molecular complexity index is 512. The predicted octanol–water partition coefficient (Wildman–Crippen LogP) is 2.04. The van der Waals surface area contributed by atoms with E-state index in [9.17, 15) is 0 Å². The summed E-state index contributed by atoms with van der Waals surface area (Å²) in [6, 6.07) is 2.12. The van der Waals surface area contributed by atoms with E-state index in [1.54, 1.807) is 0 Å². The van der Waals surface area contributed by atoms with Crippen LogP contribution in [0.1, 0.15) is 36.1 Å². The topological polar surface area (TPSA) is 60.2 Å². The normalized spacial score (nSPS) is 20.9. The summed E-state index contributed by atoms with van der Waals surface area (Å²) in [5.74, 6) is 1.53. The number of nitrogens with two attached hydrogens (primary N) is 1. The summed E-state index contributed by atoms with van der Waals surface area (Å²) in [4.78, 5) is 5.16. The molecule has 0 amide bonds. The second-order valence-electron chi connectivity index (χ2n) is 5.65. The molecule has 0 saturated carbocycles. The second kappa shape index (κ2) is 6.06. The molecule has 3 N–H and O–H groups in total. The molecule has 5 heteroatoms. The van der Waals surface area contributed by atoms with Gasteiger partial charge in [0.25, 0.3) is 0 Å². The van der Waals surface area contributed by atoms with E-state index in [-0.39, 0.29) is 0 Å². The SMILES string of the molecule is NC(=S)c1cc2c(nc1NCCC1CCOC1)CCC2. The largest absolute Gasteiger partial charge is 0.389 e. The first-order valence-corrected chi connectivity index (χ1v) is 7.79. The first-order valence-electron chi connectivity index (χ1n) is 7.38. The number of anilines is 1. The molecule has 4 nitrogen and oxygen atoms in total. The maximum absolute atomic E-state index is 5.83. The monoisotopic (exact) mass is 291 g/mol. The molecule has 0 aromatic carbocycles. The molecule has 1 aromatic heterocycles. The zero-order valence-electron chi connectivity index (χ0n) is 11.7. The van der Waals surface area contributed by atoms with Crippen molar-refractivity contribution in [3.63, 3.8) is 0 Å². The molecule has 2 aliphatic rings. The minimum Gasteiger partial charge on any atom is -0.389 e. The Hall–Kier alpha value is -1.20. The van der Waals surface area contributed by atoms with Crippen molar-refractivity contribution in [2.75, 3.05) is 25.1 Å². The number of pyridine rings is 1. The van der Waals surface area contributed by atoms with Gasteiger partial charge in [0.1, 0.15) is 10.8 Å². The molecule has 3 rings (SSSR count). The molecule has 1 aromatic rings. The zero-order chi connectivity index (χ0) is 13.9. The molecule has 0 radical (unpaired) electrons. The smallest absolute Gasteiger partial charge is 0.136 e. The maximum atomic E-state index is 5.83. The van der Waals surface area contributed by atoms with Crippen LogP contribution in [0.2, 0.25) is 0 Å². The summed E-state index contributed by atoms with van der Waals surface area (Å²) in [5, 5.41) is 3.42. The van der Waals surface area contributed by atoms with E-state index < -0.39 is 0 Å². The molecule has 1 fully saturated rings. The van der Waals surface area contributed by atoms with Crippen LogP contribution in [0.4, 0.5) is 5.82 Å². The van der Waals surface area contributed by atoms with Crippen LogP contribution in [0.5, 0.6) is 0 Å². The van der Waals surface area contributed by atoms with Crippen molar-refractivity contribution in [3.8, 4) is 0 Å². The van der Waals surface area contributed by atoms with E-state index in [2.05, 4.69) is 11.4 Å². The van der Waals surface area contributed by atoms with Gasteiger partial charge in [0.05, 0.1) is 5.56 Å². The number of fused-ring (bicyclic) bond motifs is 1. The average Bonchev–Trinajstić information content (AvgIpc) is 3.07. The molecule has 1 atom stereocenters. The lowest BCUT2D eigenvalue weighted by atomic mass is 10.1. The third kappa shape index (κ3) is 2.94. The average molecular weight is 291 g/mol. The van der Waals surface area contributed by atoms with E-state index in [4.69, 9.17) is 27.7 Å². The molecule has 108 valence electrons. The molecular weight excluding hydrogens is 270 g/mol. The van der Waals surface area contributed by atoms with Gasteiger partial charge in [0.2, 0.25) is 0 Å². The highest BCUT2D eigenvalue weighted by atomic mass is 32.1. The molecule has 2 heterocycles. The predicted molar refractivity (Wildman–Crippen MR) is 84.2 cm³/mol. The van der Waals surface area contributed by atoms with Gasteiger partial charge in [0, 0.05) is 25.5 Å². The van der Waals surface area contributed by atoms with Crippen LogP contribution in [-0.4, -0.2) is 29.7 Å². The lowest BCUT2D eigenvalue weighted by Gasteiger charge is -2.14. The molecule has 1 aliphatic carbocycles. The minimum atomic E-state index is 0.430. The highest BCUT2D eigenvalue weighted by Crippen LogP contribution is 2.25. The fourth-order valence-electron chi connectivity index (χ4n) is 3.00. The molecule has 1 unspecified atom stereocenters. The van der Waals surface area contributed by atoms with Gasteiger partial charge in [-0.25, -0.2) is 4.98 Å². The van der Waals surface area contributed by atoms with Crippen LogP contribution in [0.25, 0.3) is 0 Å². The van der Waals surface area contributed by atoms with Gasteiger partial charge < -0.3 is 15.8 Å². The number of ether oxygens (including phenoxy) is 1. The number of aryl methyl sites for hydroxylation is 2. The summed E-state index contributed by atoms with van der Waals surface area (Å²) in [6.07, 6.45) is 5.62. The van der Waals surface area contributed by atoms with E-state index in [0.717, 1.165) is 50.4 Å². The van der Waals surface area contributed by atoms with Crippen molar-refractivity contribution in [1.82, 2.24) is 4.98 Å². The Morgan fingerprint density at radius 2 is 2.40 bits per heavy atom. The standard InChI is InChI=1S/C15H21N3OS/c16-14(20)12-8-11-2-1-3-13(11)18-15(12)17-6-4-10-5-7-19-9-10/h8,10H,1-7,9H2,(H2,16,20)(H,17,18). The van der Waals surface area contributed by atoms with Crippen molar-refractivity contribution >= 4 is 23.0 Å². The highest BCUT2D eigenvalue weighted by molar-refractivity contribution is 7.80. The maximum Gasteiger partial charge on any atom is 0.136 e.